The van der Waals surface area contributed by atoms with Crippen LogP contribution < -0.4 is 10.6 Å². The summed E-state index contributed by atoms with van der Waals surface area (Å²) in [6, 6.07) is 9.32. The number of benzene rings is 1. The third kappa shape index (κ3) is 5.29. The van der Waals surface area contributed by atoms with E-state index in [1.54, 1.807) is 25.4 Å². The van der Waals surface area contributed by atoms with E-state index in [1.807, 2.05) is 35.0 Å². The van der Waals surface area contributed by atoms with E-state index in [2.05, 4.69) is 35.6 Å². The van der Waals surface area contributed by atoms with E-state index in [9.17, 15) is 9.90 Å². The van der Waals surface area contributed by atoms with E-state index in [1.165, 1.54) is 18.6 Å². The first-order valence-corrected chi connectivity index (χ1v) is 10.0. The normalized spacial score (nSPS) is 11.7. The summed E-state index contributed by atoms with van der Waals surface area (Å²) in [5, 5.41) is 15.2. The molecule has 1 aromatic carbocycles. The first-order valence-electron chi connectivity index (χ1n) is 10.0. The Labute approximate surface area is 184 Å². The Morgan fingerprint density at radius 3 is 2.66 bits per heavy atom. The summed E-state index contributed by atoms with van der Waals surface area (Å²) >= 11 is 0. The van der Waals surface area contributed by atoms with Crippen molar-refractivity contribution in [3.8, 4) is 5.82 Å². The Morgan fingerprint density at radius 1 is 1.06 bits per heavy atom. The Morgan fingerprint density at radius 2 is 1.91 bits per heavy atom. The minimum Gasteiger partial charge on any atom is -0.392 e. The minimum absolute atomic E-state index is 0.255. The summed E-state index contributed by atoms with van der Waals surface area (Å²) in [5.74, 6) is 1.60. The Bertz CT molecular complexity index is 1180. The Balaban J connectivity index is 1.44. The highest BCUT2D eigenvalue weighted by atomic mass is 16.3. The molecule has 0 spiro atoms. The summed E-state index contributed by atoms with van der Waals surface area (Å²) in [6.45, 7) is 2.05. The summed E-state index contributed by atoms with van der Waals surface area (Å²) in [4.78, 5) is 33.2. The van der Waals surface area contributed by atoms with Gasteiger partial charge in [0.2, 0.25) is 5.95 Å². The lowest BCUT2D eigenvalue weighted by Crippen LogP contribution is -2.17. The van der Waals surface area contributed by atoms with Gasteiger partial charge in [0.25, 0.3) is 5.91 Å². The standard InChI is InChI=1S/C22H22N8O2/c1-15(31)13-27-22-26-7-6-19(29-22)30-11-10-25-20(30)12-16-2-4-17(5-3-16)28-21(32)18-14-23-8-9-24-18/h2-11,14-15,31H,12-13H2,1H3,(H,28,32)(H,26,27,29). The summed E-state index contributed by atoms with van der Waals surface area (Å²) in [7, 11) is 0. The molecule has 0 radical (unpaired) electrons. The Kier molecular flexibility index (Phi) is 6.42. The van der Waals surface area contributed by atoms with Gasteiger partial charge in [-0.05, 0) is 30.7 Å². The second kappa shape index (κ2) is 9.75. The number of hydrogen-bond acceptors (Lipinski definition) is 8. The lowest BCUT2D eigenvalue weighted by atomic mass is 10.1. The molecule has 0 bridgehead atoms. The lowest BCUT2D eigenvalue weighted by molar-refractivity contribution is 0.102. The highest BCUT2D eigenvalue weighted by Crippen LogP contribution is 2.16. The van der Waals surface area contributed by atoms with E-state index in [4.69, 9.17) is 0 Å². The fourth-order valence-electron chi connectivity index (χ4n) is 2.98. The van der Waals surface area contributed by atoms with E-state index < -0.39 is 6.10 Å². The molecular weight excluding hydrogens is 408 g/mol. The number of aliphatic hydroxyl groups excluding tert-OH is 1. The molecule has 3 heterocycles. The first-order chi connectivity index (χ1) is 15.6. The number of carbonyl (C=O) groups is 1. The summed E-state index contributed by atoms with van der Waals surface area (Å²) in [5.41, 5.74) is 1.94. The average Bonchev–Trinajstić information content (AvgIpc) is 3.28. The smallest absolute Gasteiger partial charge is 0.275 e. The van der Waals surface area contributed by atoms with E-state index >= 15 is 0 Å². The van der Waals surface area contributed by atoms with Crippen molar-refractivity contribution in [3.63, 3.8) is 0 Å². The van der Waals surface area contributed by atoms with Gasteiger partial charge in [-0.15, -0.1) is 0 Å². The van der Waals surface area contributed by atoms with Gasteiger partial charge in [0.05, 0.1) is 12.3 Å². The molecule has 32 heavy (non-hydrogen) atoms. The predicted molar refractivity (Wildman–Crippen MR) is 119 cm³/mol. The zero-order valence-corrected chi connectivity index (χ0v) is 17.4. The monoisotopic (exact) mass is 430 g/mol. The first kappa shape index (κ1) is 21.1. The minimum atomic E-state index is -0.501. The van der Waals surface area contributed by atoms with Crippen molar-refractivity contribution in [2.45, 2.75) is 19.4 Å². The zero-order valence-electron chi connectivity index (χ0n) is 17.4. The van der Waals surface area contributed by atoms with Crippen molar-refractivity contribution in [2.24, 2.45) is 0 Å². The van der Waals surface area contributed by atoms with Crippen LogP contribution in [0.15, 0.2) is 67.5 Å². The van der Waals surface area contributed by atoms with Gasteiger partial charge in [0.15, 0.2) is 0 Å². The quantitative estimate of drug-likeness (QED) is 0.387. The van der Waals surface area contributed by atoms with Gasteiger partial charge in [0.1, 0.15) is 17.3 Å². The van der Waals surface area contributed by atoms with Crippen molar-refractivity contribution < 1.29 is 9.90 Å². The third-order valence-corrected chi connectivity index (χ3v) is 4.53. The highest BCUT2D eigenvalue weighted by molar-refractivity contribution is 6.02. The van der Waals surface area contributed by atoms with Gasteiger partial charge in [-0.3, -0.25) is 14.3 Å². The maximum Gasteiger partial charge on any atom is 0.275 e. The number of aliphatic hydroxyl groups is 1. The molecular formula is C22H22N8O2. The summed E-state index contributed by atoms with van der Waals surface area (Å²) < 4.78 is 1.89. The van der Waals surface area contributed by atoms with Gasteiger partial charge in [0, 0.05) is 49.6 Å². The number of hydrogen-bond donors (Lipinski definition) is 3. The second-order valence-electron chi connectivity index (χ2n) is 7.10. The van der Waals surface area contributed by atoms with Crippen LogP contribution in [0.5, 0.6) is 0 Å². The number of aromatic nitrogens is 6. The maximum absolute atomic E-state index is 12.2. The van der Waals surface area contributed by atoms with Crippen molar-refractivity contribution >= 4 is 17.5 Å². The number of rotatable bonds is 8. The molecule has 0 saturated heterocycles. The second-order valence-corrected chi connectivity index (χ2v) is 7.10. The number of imidazole rings is 1. The largest absolute Gasteiger partial charge is 0.392 e. The Hall–Kier alpha value is -4.18. The molecule has 0 aliphatic carbocycles. The lowest BCUT2D eigenvalue weighted by Gasteiger charge is -2.11. The molecule has 1 amide bonds. The van der Waals surface area contributed by atoms with Gasteiger partial charge in [-0.1, -0.05) is 12.1 Å². The van der Waals surface area contributed by atoms with Crippen LogP contribution in [0, 0.1) is 0 Å². The molecule has 10 heteroatoms. The van der Waals surface area contributed by atoms with Crippen LogP contribution in [0.4, 0.5) is 11.6 Å². The van der Waals surface area contributed by atoms with Crippen LogP contribution in [0.25, 0.3) is 5.82 Å². The number of carbonyl (C=O) groups excluding carboxylic acids is 1. The fraction of sp³-hybridized carbons (Fsp3) is 0.182. The molecule has 162 valence electrons. The number of anilines is 2. The van der Waals surface area contributed by atoms with Crippen LogP contribution in [-0.4, -0.2) is 53.1 Å². The molecule has 0 aliphatic rings. The number of amides is 1. The highest BCUT2D eigenvalue weighted by Gasteiger charge is 2.10. The maximum atomic E-state index is 12.2. The van der Waals surface area contributed by atoms with Crippen LogP contribution in [0.3, 0.4) is 0 Å². The van der Waals surface area contributed by atoms with E-state index in [-0.39, 0.29) is 11.6 Å². The van der Waals surface area contributed by atoms with Crippen LogP contribution in [0.2, 0.25) is 0 Å². The van der Waals surface area contributed by atoms with Crippen molar-refractivity contribution in [1.82, 2.24) is 29.5 Å². The molecule has 4 aromatic rings. The molecule has 0 aliphatic heterocycles. The van der Waals surface area contributed by atoms with Crippen molar-refractivity contribution in [3.05, 3.63) is 84.6 Å². The molecule has 1 atom stereocenters. The summed E-state index contributed by atoms with van der Waals surface area (Å²) in [6.07, 6.45) is 9.70. The topological polar surface area (TPSA) is 131 Å². The zero-order chi connectivity index (χ0) is 22.3. The van der Waals surface area contributed by atoms with Gasteiger partial charge in [-0.2, -0.15) is 4.98 Å². The van der Waals surface area contributed by atoms with Crippen LogP contribution in [0.1, 0.15) is 28.8 Å². The van der Waals surface area contributed by atoms with Gasteiger partial charge < -0.3 is 15.7 Å². The molecule has 4 rings (SSSR count). The van der Waals surface area contributed by atoms with Crippen molar-refractivity contribution in [1.29, 1.82) is 0 Å². The number of nitrogens with one attached hydrogen (secondary N) is 2. The SMILES string of the molecule is CC(O)CNc1nccc(-n2ccnc2Cc2ccc(NC(=O)c3cnccn3)cc2)n1. The van der Waals surface area contributed by atoms with Gasteiger partial charge >= 0.3 is 0 Å². The molecule has 1 unspecified atom stereocenters. The molecule has 3 N–H and O–H groups in total. The van der Waals surface area contributed by atoms with E-state index in [0.717, 1.165) is 11.4 Å². The molecule has 10 nitrogen and oxygen atoms in total. The molecule has 0 saturated carbocycles. The van der Waals surface area contributed by atoms with E-state index in [0.29, 0.717) is 30.4 Å². The average molecular weight is 430 g/mol. The number of nitrogens with zero attached hydrogens (tertiary/aromatic N) is 6. The van der Waals surface area contributed by atoms with Crippen LogP contribution in [-0.2, 0) is 6.42 Å². The van der Waals surface area contributed by atoms with Gasteiger partial charge in [-0.25, -0.2) is 15.0 Å². The molecule has 3 aromatic heterocycles. The van der Waals surface area contributed by atoms with Crippen molar-refractivity contribution in [2.75, 3.05) is 17.2 Å². The molecule has 0 fully saturated rings. The third-order valence-electron chi connectivity index (χ3n) is 4.53. The van der Waals surface area contributed by atoms with Crippen LogP contribution >= 0.6 is 0 Å². The predicted octanol–water partition coefficient (Wildman–Crippen LogP) is 2.09. The fourth-order valence-corrected chi connectivity index (χ4v) is 2.98.